The molecule has 1 saturated heterocycles. The Morgan fingerprint density at radius 1 is 1.25 bits per heavy atom. The Morgan fingerprint density at radius 2 is 2.00 bits per heavy atom. The average Bonchev–Trinajstić information content (AvgIpc) is 2.96. The van der Waals surface area contributed by atoms with Gasteiger partial charge in [-0.3, -0.25) is 9.69 Å². The Labute approximate surface area is 120 Å². The number of piperazine rings is 1. The van der Waals surface area contributed by atoms with Crippen LogP contribution >= 0.6 is 0 Å². The second kappa shape index (κ2) is 7.45. The molecule has 0 bridgehead atoms. The summed E-state index contributed by atoms with van der Waals surface area (Å²) in [5.41, 5.74) is 5.50. The van der Waals surface area contributed by atoms with Gasteiger partial charge in [-0.2, -0.15) is 0 Å². The Bertz CT molecular complexity index is 423. The van der Waals surface area contributed by atoms with Crippen LogP contribution < -0.4 is 5.73 Å². The number of nitrogens with zero attached hydrogens (tertiary/aromatic N) is 2. The van der Waals surface area contributed by atoms with Crippen molar-refractivity contribution in [2.75, 3.05) is 39.3 Å². The Hall–Kier alpha value is -1.33. The molecular formula is C15H25N3O2. The van der Waals surface area contributed by atoms with E-state index < -0.39 is 0 Å². The third kappa shape index (κ3) is 3.84. The molecule has 1 aromatic rings. The van der Waals surface area contributed by atoms with Crippen molar-refractivity contribution in [1.82, 2.24) is 9.80 Å². The predicted octanol–water partition coefficient (Wildman–Crippen LogP) is 1.34. The Morgan fingerprint density at radius 3 is 2.60 bits per heavy atom. The molecule has 0 aliphatic carbocycles. The average molecular weight is 279 g/mol. The van der Waals surface area contributed by atoms with E-state index in [0.717, 1.165) is 64.3 Å². The second-order valence-electron chi connectivity index (χ2n) is 5.25. The number of furan rings is 1. The first-order chi connectivity index (χ1) is 9.74. The summed E-state index contributed by atoms with van der Waals surface area (Å²) in [6.07, 6.45) is 3.04. The van der Waals surface area contributed by atoms with Gasteiger partial charge in [0.1, 0.15) is 5.76 Å². The lowest BCUT2D eigenvalue weighted by Gasteiger charge is -2.34. The zero-order chi connectivity index (χ0) is 14.4. The number of amides is 1. The highest BCUT2D eigenvalue weighted by atomic mass is 16.4. The molecular weight excluding hydrogens is 254 g/mol. The first kappa shape index (κ1) is 15.1. The van der Waals surface area contributed by atoms with Crippen molar-refractivity contribution < 1.29 is 9.21 Å². The molecule has 0 atom stereocenters. The predicted molar refractivity (Wildman–Crippen MR) is 78.7 cm³/mol. The molecule has 0 unspecified atom stereocenters. The molecule has 1 aliphatic rings. The van der Waals surface area contributed by atoms with Gasteiger partial charge >= 0.3 is 0 Å². The van der Waals surface area contributed by atoms with Crippen LogP contribution in [-0.2, 0) is 6.42 Å². The van der Waals surface area contributed by atoms with E-state index in [1.807, 2.05) is 17.9 Å². The maximum Gasteiger partial charge on any atom is 0.289 e. The van der Waals surface area contributed by atoms with E-state index in [4.69, 9.17) is 10.2 Å². The van der Waals surface area contributed by atoms with Crippen LogP contribution in [0, 0.1) is 0 Å². The molecule has 1 aliphatic heterocycles. The highest BCUT2D eigenvalue weighted by Gasteiger charge is 2.23. The summed E-state index contributed by atoms with van der Waals surface area (Å²) in [7, 11) is 0. The molecule has 1 aromatic heterocycles. The van der Waals surface area contributed by atoms with Gasteiger partial charge in [0, 0.05) is 32.6 Å². The summed E-state index contributed by atoms with van der Waals surface area (Å²) in [6.45, 7) is 7.31. The normalized spacial score (nSPS) is 16.6. The number of aryl methyl sites for hydroxylation is 1. The highest BCUT2D eigenvalue weighted by Crippen LogP contribution is 2.13. The molecule has 20 heavy (non-hydrogen) atoms. The van der Waals surface area contributed by atoms with E-state index in [9.17, 15) is 4.79 Å². The van der Waals surface area contributed by atoms with Crippen molar-refractivity contribution in [1.29, 1.82) is 0 Å². The minimum absolute atomic E-state index is 0.0197. The molecule has 1 amide bonds. The van der Waals surface area contributed by atoms with Gasteiger partial charge < -0.3 is 15.1 Å². The number of nitrogens with two attached hydrogens (primary N) is 1. The first-order valence-corrected chi connectivity index (χ1v) is 7.55. The monoisotopic (exact) mass is 279 g/mol. The Kier molecular flexibility index (Phi) is 5.61. The molecule has 112 valence electrons. The van der Waals surface area contributed by atoms with Crippen molar-refractivity contribution in [3.63, 3.8) is 0 Å². The molecule has 2 N–H and O–H groups in total. The van der Waals surface area contributed by atoms with Crippen LogP contribution in [0.15, 0.2) is 16.5 Å². The number of carbonyl (C=O) groups excluding carboxylic acids is 1. The van der Waals surface area contributed by atoms with Gasteiger partial charge in [0.05, 0.1) is 0 Å². The molecule has 0 saturated carbocycles. The lowest BCUT2D eigenvalue weighted by atomic mass is 10.2. The van der Waals surface area contributed by atoms with Crippen molar-refractivity contribution in [3.05, 3.63) is 23.7 Å². The lowest BCUT2D eigenvalue weighted by Crippen LogP contribution is -2.48. The first-order valence-electron chi connectivity index (χ1n) is 7.55. The molecule has 0 spiro atoms. The minimum Gasteiger partial charge on any atom is -0.456 e. The van der Waals surface area contributed by atoms with Crippen LogP contribution in [-0.4, -0.2) is 55.0 Å². The zero-order valence-electron chi connectivity index (χ0n) is 12.3. The van der Waals surface area contributed by atoms with Gasteiger partial charge in [0.2, 0.25) is 0 Å². The number of hydrogen-bond acceptors (Lipinski definition) is 4. The van der Waals surface area contributed by atoms with E-state index >= 15 is 0 Å². The fraction of sp³-hybridized carbons (Fsp3) is 0.667. The summed E-state index contributed by atoms with van der Waals surface area (Å²) in [5.74, 6) is 1.36. The standard InChI is InChI=1S/C15H25N3O2/c1-2-13-5-6-14(20-13)15(19)18-11-9-17(10-12-18)8-4-3-7-16/h5-6H,2-4,7-12,16H2,1H3. The van der Waals surface area contributed by atoms with Crippen LogP contribution in [0.1, 0.15) is 36.1 Å². The number of carbonyl (C=O) groups is 1. The maximum absolute atomic E-state index is 12.3. The molecule has 2 heterocycles. The van der Waals surface area contributed by atoms with Gasteiger partial charge in [-0.05, 0) is 38.1 Å². The van der Waals surface area contributed by atoms with Crippen LogP contribution in [0.25, 0.3) is 0 Å². The summed E-state index contributed by atoms with van der Waals surface area (Å²) >= 11 is 0. The van der Waals surface area contributed by atoms with E-state index in [1.165, 1.54) is 0 Å². The maximum atomic E-state index is 12.3. The van der Waals surface area contributed by atoms with Crippen molar-refractivity contribution in [3.8, 4) is 0 Å². The van der Waals surface area contributed by atoms with Crippen LogP contribution in [0.3, 0.4) is 0 Å². The van der Waals surface area contributed by atoms with Gasteiger partial charge in [0.15, 0.2) is 5.76 Å². The number of hydrogen-bond donors (Lipinski definition) is 1. The highest BCUT2D eigenvalue weighted by molar-refractivity contribution is 5.91. The second-order valence-corrected chi connectivity index (χ2v) is 5.25. The molecule has 0 radical (unpaired) electrons. The van der Waals surface area contributed by atoms with E-state index in [-0.39, 0.29) is 5.91 Å². The largest absolute Gasteiger partial charge is 0.456 e. The van der Waals surface area contributed by atoms with Gasteiger partial charge in [0.25, 0.3) is 5.91 Å². The topological polar surface area (TPSA) is 62.7 Å². The third-order valence-electron chi connectivity index (χ3n) is 3.81. The summed E-state index contributed by atoms with van der Waals surface area (Å²) in [4.78, 5) is 16.6. The lowest BCUT2D eigenvalue weighted by molar-refractivity contribution is 0.0603. The summed E-state index contributed by atoms with van der Waals surface area (Å²) < 4.78 is 5.54. The fourth-order valence-electron chi connectivity index (χ4n) is 2.49. The van der Waals surface area contributed by atoms with Gasteiger partial charge in [-0.15, -0.1) is 0 Å². The summed E-state index contributed by atoms with van der Waals surface area (Å²) in [6, 6.07) is 3.67. The third-order valence-corrected chi connectivity index (χ3v) is 3.81. The quantitative estimate of drug-likeness (QED) is 0.798. The Balaban J connectivity index is 1.79. The molecule has 2 rings (SSSR count). The SMILES string of the molecule is CCc1ccc(C(=O)N2CCN(CCCCN)CC2)o1. The summed E-state index contributed by atoms with van der Waals surface area (Å²) in [5, 5.41) is 0. The van der Waals surface area contributed by atoms with E-state index in [1.54, 1.807) is 6.07 Å². The van der Waals surface area contributed by atoms with Crippen LogP contribution in [0.5, 0.6) is 0 Å². The van der Waals surface area contributed by atoms with E-state index in [2.05, 4.69) is 4.90 Å². The molecule has 0 aromatic carbocycles. The van der Waals surface area contributed by atoms with Crippen LogP contribution in [0.2, 0.25) is 0 Å². The minimum atomic E-state index is 0.0197. The van der Waals surface area contributed by atoms with Gasteiger partial charge in [-0.25, -0.2) is 0 Å². The smallest absolute Gasteiger partial charge is 0.289 e. The van der Waals surface area contributed by atoms with Crippen LogP contribution in [0.4, 0.5) is 0 Å². The van der Waals surface area contributed by atoms with Gasteiger partial charge in [-0.1, -0.05) is 6.92 Å². The number of unbranched alkanes of at least 4 members (excludes halogenated alkanes) is 1. The molecule has 5 nitrogen and oxygen atoms in total. The molecule has 1 fully saturated rings. The number of rotatable bonds is 6. The van der Waals surface area contributed by atoms with E-state index in [0.29, 0.717) is 5.76 Å². The zero-order valence-corrected chi connectivity index (χ0v) is 12.3. The van der Waals surface area contributed by atoms with Crippen molar-refractivity contribution >= 4 is 5.91 Å². The molecule has 5 heteroatoms. The van der Waals surface area contributed by atoms with Crippen molar-refractivity contribution in [2.45, 2.75) is 26.2 Å². The van der Waals surface area contributed by atoms with Crippen molar-refractivity contribution in [2.24, 2.45) is 5.73 Å². The fourth-order valence-corrected chi connectivity index (χ4v) is 2.49.